The maximum absolute atomic E-state index is 12.9. The van der Waals surface area contributed by atoms with Crippen LogP contribution in [0.25, 0.3) is 0 Å². The lowest BCUT2D eigenvalue weighted by molar-refractivity contribution is -0.386. The number of ether oxygens (including phenoxy) is 1. The van der Waals surface area contributed by atoms with E-state index in [0.29, 0.717) is 11.3 Å². The van der Waals surface area contributed by atoms with Gasteiger partial charge in [-0.1, -0.05) is 0 Å². The minimum absolute atomic E-state index is 0.0187. The Balaban J connectivity index is 1.76. The quantitative estimate of drug-likeness (QED) is 0.543. The number of nitro groups is 1. The second kappa shape index (κ2) is 7.60. The average Bonchev–Trinajstić information content (AvgIpc) is 3.12. The smallest absolute Gasteiger partial charge is 0.312 e. The topological polar surface area (TPSA) is 123 Å². The van der Waals surface area contributed by atoms with Gasteiger partial charge in [-0.05, 0) is 25.1 Å². The van der Waals surface area contributed by atoms with Crippen LogP contribution >= 0.6 is 0 Å². The number of carbonyl (C=O) groups is 1. The third-order valence-electron chi connectivity index (χ3n) is 4.60. The molecule has 1 aliphatic rings. The fraction of sp³-hybridized carbons (Fsp3) is 0.353. The minimum atomic E-state index is -3.94. The molecule has 1 aliphatic heterocycles. The van der Waals surface area contributed by atoms with Crippen molar-refractivity contribution in [1.29, 1.82) is 0 Å². The molecule has 150 valence electrons. The highest BCUT2D eigenvalue weighted by molar-refractivity contribution is 7.89. The molecule has 0 radical (unpaired) electrons. The Morgan fingerprint density at radius 2 is 1.89 bits per heavy atom. The fourth-order valence-electron chi connectivity index (χ4n) is 3.03. The second-order valence-corrected chi connectivity index (χ2v) is 8.12. The number of methoxy groups -OCH3 is 1. The number of hydrogen-bond donors (Lipinski definition) is 0. The molecule has 0 unspecified atom stereocenters. The molecule has 0 bridgehead atoms. The molecule has 11 heteroatoms. The Morgan fingerprint density at radius 3 is 2.43 bits per heavy atom. The third-order valence-corrected chi connectivity index (χ3v) is 6.49. The van der Waals surface area contributed by atoms with E-state index >= 15 is 0 Å². The monoisotopic (exact) mass is 409 g/mol. The summed E-state index contributed by atoms with van der Waals surface area (Å²) >= 11 is 0. The lowest BCUT2D eigenvalue weighted by Crippen LogP contribution is -2.50. The van der Waals surface area contributed by atoms with E-state index in [9.17, 15) is 23.3 Å². The van der Waals surface area contributed by atoms with Gasteiger partial charge >= 0.3 is 5.69 Å². The van der Waals surface area contributed by atoms with Crippen LogP contribution in [0.4, 0.5) is 5.69 Å². The first-order valence-corrected chi connectivity index (χ1v) is 9.85. The summed E-state index contributed by atoms with van der Waals surface area (Å²) in [5.74, 6) is 0.267. The number of nitrogens with zero attached hydrogens (tertiary/aromatic N) is 3. The molecule has 0 N–H and O–H groups in total. The van der Waals surface area contributed by atoms with Crippen LogP contribution < -0.4 is 4.74 Å². The van der Waals surface area contributed by atoms with Gasteiger partial charge in [0.2, 0.25) is 10.0 Å². The maximum Gasteiger partial charge on any atom is 0.312 e. The standard InChI is InChI=1S/C17H19N3O7S/c1-12-14(5-10-27-12)17(21)18-6-8-19(9-7-18)28(24,25)13-3-4-16(26-2)15(11-13)20(22)23/h3-5,10-11H,6-9H2,1-2H3. The molecule has 1 saturated heterocycles. The van der Waals surface area contributed by atoms with Crippen molar-refractivity contribution in [3.05, 3.63) is 52.0 Å². The van der Waals surface area contributed by atoms with E-state index in [1.807, 2.05) is 0 Å². The number of aryl methyl sites for hydroxylation is 1. The number of nitro benzene ring substituents is 1. The molecule has 28 heavy (non-hydrogen) atoms. The predicted molar refractivity (Wildman–Crippen MR) is 97.8 cm³/mol. The van der Waals surface area contributed by atoms with E-state index in [0.717, 1.165) is 6.07 Å². The fourth-order valence-corrected chi connectivity index (χ4v) is 4.47. The highest BCUT2D eigenvalue weighted by Crippen LogP contribution is 2.31. The number of furan rings is 1. The Morgan fingerprint density at radius 1 is 1.21 bits per heavy atom. The van der Waals surface area contributed by atoms with Crippen LogP contribution in [-0.4, -0.2) is 61.7 Å². The molecule has 0 atom stereocenters. The SMILES string of the molecule is COc1ccc(S(=O)(=O)N2CCN(C(=O)c3ccoc3C)CC2)cc1[N+](=O)[O-]. The predicted octanol–water partition coefficient (Wildman–Crippen LogP) is 1.65. The van der Waals surface area contributed by atoms with Gasteiger partial charge in [0.1, 0.15) is 5.76 Å². The number of carbonyl (C=O) groups excluding carboxylic acids is 1. The van der Waals surface area contributed by atoms with Gasteiger partial charge in [-0.3, -0.25) is 14.9 Å². The molecule has 0 saturated carbocycles. The molecule has 0 spiro atoms. The molecule has 3 rings (SSSR count). The van der Waals surface area contributed by atoms with Gasteiger partial charge in [-0.25, -0.2) is 8.42 Å². The molecule has 1 aromatic heterocycles. The van der Waals surface area contributed by atoms with Gasteiger partial charge in [-0.15, -0.1) is 0 Å². The van der Waals surface area contributed by atoms with Crippen LogP contribution in [0.3, 0.4) is 0 Å². The maximum atomic E-state index is 12.9. The highest BCUT2D eigenvalue weighted by atomic mass is 32.2. The Labute approximate surface area is 161 Å². The minimum Gasteiger partial charge on any atom is -0.490 e. The normalized spacial score (nSPS) is 15.4. The van der Waals surface area contributed by atoms with E-state index in [4.69, 9.17) is 9.15 Å². The van der Waals surface area contributed by atoms with Crippen LogP contribution in [-0.2, 0) is 10.0 Å². The zero-order valence-corrected chi connectivity index (χ0v) is 16.1. The first kappa shape index (κ1) is 19.8. The summed E-state index contributed by atoms with van der Waals surface area (Å²) in [4.78, 5) is 24.3. The number of amides is 1. The molecule has 2 aromatic rings. The number of benzene rings is 1. The average molecular weight is 409 g/mol. The van der Waals surface area contributed by atoms with E-state index in [1.54, 1.807) is 17.9 Å². The molecule has 10 nitrogen and oxygen atoms in total. The van der Waals surface area contributed by atoms with Crippen molar-refractivity contribution in [2.75, 3.05) is 33.3 Å². The van der Waals surface area contributed by atoms with Gasteiger partial charge in [0.15, 0.2) is 5.75 Å². The Bertz CT molecular complexity index is 1010. The van der Waals surface area contributed by atoms with Gasteiger partial charge in [0, 0.05) is 32.2 Å². The third kappa shape index (κ3) is 3.58. The molecule has 2 heterocycles. The van der Waals surface area contributed by atoms with Crippen molar-refractivity contribution in [1.82, 2.24) is 9.21 Å². The van der Waals surface area contributed by atoms with Crippen molar-refractivity contribution >= 4 is 21.6 Å². The number of piperazine rings is 1. The first-order chi connectivity index (χ1) is 13.3. The second-order valence-electron chi connectivity index (χ2n) is 6.18. The van der Waals surface area contributed by atoms with Crippen molar-refractivity contribution in [3.8, 4) is 5.75 Å². The van der Waals surface area contributed by atoms with Crippen LogP contribution in [0.1, 0.15) is 16.1 Å². The van der Waals surface area contributed by atoms with Gasteiger partial charge in [0.25, 0.3) is 5.91 Å². The summed E-state index contributed by atoms with van der Waals surface area (Å²) in [6.45, 7) is 2.28. The molecule has 0 aliphatic carbocycles. The first-order valence-electron chi connectivity index (χ1n) is 8.41. The summed E-state index contributed by atoms with van der Waals surface area (Å²) in [6.07, 6.45) is 1.43. The number of sulfonamides is 1. The van der Waals surface area contributed by atoms with Gasteiger partial charge in [-0.2, -0.15) is 4.31 Å². The summed E-state index contributed by atoms with van der Waals surface area (Å²) in [7, 11) is -2.66. The van der Waals surface area contributed by atoms with Crippen molar-refractivity contribution in [3.63, 3.8) is 0 Å². The molecular formula is C17H19N3O7S. The lowest BCUT2D eigenvalue weighted by Gasteiger charge is -2.33. The summed E-state index contributed by atoms with van der Waals surface area (Å²) < 4.78 is 37.0. The van der Waals surface area contributed by atoms with Gasteiger partial charge < -0.3 is 14.1 Å². The highest BCUT2D eigenvalue weighted by Gasteiger charge is 2.32. The van der Waals surface area contributed by atoms with Gasteiger partial charge in [0.05, 0.1) is 28.8 Å². The van der Waals surface area contributed by atoms with Crippen LogP contribution in [0.15, 0.2) is 39.8 Å². The van der Waals surface area contributed by atoms with E-state index in [1.165, 1.54) is 29.8 Å². The largest absolute Gasteiger partial charge is 0.490 e. The zero-order valence-electron chi connectivity index (χ0n) is 15.3. The van der Waals surface area contributed by atoms with Crippen molar-refractivity contribution in [2.45, 2.75) is 11.8 Å². The van der Waals surface area contributed by atoms with E-state index < -0.39 is 20.6 Å². The molecule has 1 amide bonds. The van der Waals surface area contributed by atoms with Crippen molar-refractivity contribution < 1.29 is 27.3 Å². The van der Waals surface area contributed by atoms with Crippen LogP contribution in [0, 0.1) is 17.0 Å². The lowest BCUT2D eigenvalue weighted by atomic mass is 10.2. The molecular weight excluding hydrogens is 390 g/mol. The summed E-state index contributed by atoms with van der Waals surface area (Å²) in [6, 6.07) is 5.10. The van der Waals surface area contributed by atoms with E-state index in [2.05, 4.69) is 0 Å². The number of hydrogen-bond acceptors (Lipinski definition) is 7. The summed E-state index contributed by atoms with van der Waals surface area (Å²) in [5, 5.41) is 11.2. The Hall–Kier alpha value is -2.92. The van der Waals surface area contributed by atoms with E-state index in [-0.39, 0.29) is 42.7 Å². The molecule has 1 fully saturated rings. The molecule has 1 aromatic carbocycles. The number of rotatable bonds is 5. The van der Waals surface area contributed by atoms with Crippen LogP contribution in [0.2, 0.25) is 0 Å². The van der Waals surface area contributed by atoms with Crippen LogP contribution in [0.5, 0.6) is 5.75 Å². The van der Waals surface area contributed by atoms with Crippen molar-refractivity contribution in [2.24, 2.45) is 0 Å². The Kier molecular flexibility index (Phi) is 5.38. The summed E-state index contributed by atoms with van der Waals surface area (Å²) in [5.41, 5.74) is 0.0231. The zero-order chi connectivity index (χ0) is 20.5.